The van der Waals surface area contributed by atoms with Crippen molar-refractivity contribution in [2.75, 3.05) is 0 Å². The molecule has 1 aliphatic carbocycles. The van der Waals surface area contributed by atoms with Gasteiger partial charge in [0.1, 0.15) is 0 Å². The number of Topliss-reactive ketones (excluding diaryl/α,β-unsaturated/α-hetero) is 1. The van der Waals surface area contributed by atoms with Crippen LogP contribution in [0.3, 0.4) is 0 Å². The number of carbonyl (C=O) groups is 1. The summed E-state index contributed by atoms with van der Waals surface area (Å²) in [5.74, 6) is 0.161. The summed E-state index contributed by atoms with van der Waals surface area (Å²) in [6.07, 6.45) is 2.85. The van der Waals surface area contributed by atoms with Gasteiger partial charge in [0.25, 0.3) is 0 Å². The van der Waals surface area contributed by atoms with E-state index in [4.69, 9.17) is 0 Å². The van der Waals surface area contributed by atoms with Gasteiger partial charge in [-0.15, -0.1) is 0 Å². The lowest BCUT2D eigenvalue weighted by Crippen LogP contribution is -2.09. The first-order chi connectivity index (χ1) is 6.18. The van der Waals surface area contributed by atoms with Crippen LogP contribution in [0.4, 0.5) is 0 Å². The fourth-order valence-corrected chi connectivity index (χ4v) is 1.93. The number of benzene rings is 1. The molecule has 1 aromatic rings. The van der Waals surface area contributed by atoms with E-state index in [1.54, 1.807) is 0 Å². The average Bonchev–Trinajstić information content (AvgIpc) is 2.12. The van der Waals surface area contributed by atoms with Crippen molar-refractivity contribution in [1.82, 2.24) is 0 Å². The molecule has 66 valence electrons. The quantitative estimate of drug-likeness (QED) is 0.677. The van der Waals surface area contributed by atoms with Crippen LogP contribution < -0.4 is 0 Å². The molecular formula is C11H9BrO. The fraction of sp³-hybridized carbons (Fsp3) is 0.182. The smallest absolute Gasteiger partial charge is 0.188 e. The summed E-state index contributed by atoms with van der Waals surface area (Å²) < 4.78 is 1.03. The van der Waals surface area contributed by atoms with Gasteiger partial charge in [-0.1, -0.05) is 22.0 Å². The molecule has 0 unspecified atom stereocenters. The number of halogens is 1. The van der Waals surface area contributed by atoms with Crippen LogP contribution >= 0.6 is 15.9 Å². The fourth-order valence-electron chi connectivity index (χ4n) is 1.52. The predicted molar refractivity (Wildman–Crippen MR) is 55.9 cm³/mol. The van der Waals surface area contributed by atoms with Crippen LogP contribution in [0, 0.1) is 0 Å². The number of carbonyl (C=O) groups excluding carboxylic acids is 1. The number of allylic oxidation sites excluding steroid dienone is 2. The number of hydrogen-bond acceptors (Lipinski definition) is 1. The van der Waals surface area contributed by atoms with Crippen molar-refractivity contribution in [1.29, 1.82) is 0 Å². The SMILES string of the molecule is CC1=CCc2cc(Br)ccc2C1=O. The van der Waals surface area contributed by atoms with E-state index in [1.165, 1.54) is 0 Å². The minimum atomic E-state index is 0.161. The highest BCUT2D eigenvalue weighted by Crippen LogP contribution is 2.23. The maximum Gasteiger partial charge on any atom is 0.188 e. The highest BCUT2D eigenvalue weighted by atomic mass is 79.9. The third-order valence-electron chi connectivity index (χ3n) is 2.30. The largest absolute Gasteiger partial charge is 0.289 e. The van der Waals surface area contributed by atoms with E-state index in [2.05, 4.69) is 15.9 Å². The van der Waals surface area contributed by atoms with Crippen molar-refractivity contribution >= 4 is 21.7 Å². The Labute approximate surface area is 85.6 Å². The van der Waals surface area contributed by atoms with Gasteiger partial charge < -0.3 is 0 Å². The van der Waals surface area contributed by atoms with Gasteiger partial charge in [0.15, 0.2) is 5.78 Å². The minimum absolute atomic E-state index is 0.161. The summed E-state index contributed by atoms with van der Waals surface area (Å²) in [6, 6.07) is 5.81. The lowest BCUT2D eigenvalue weighted by atomic mass is 9.91. The van der Waals surface area contributed by atoms with Crippen molar-refractivity contribution < 1.29 is 4.79 Å². The zero-order valence-corrected chi connectivity index (χ0v) is 8.89. The zero-order valence-electron chi connectivity index (χ0n) is 7.30. The van der Waals surface area contributed by atoms with Crippen molar-refractivity contribution in [2.24, 2.45) is 0 Å². The van der Waals surface area contributed by atoms with Crippen LogP contribution in [-0.2, 0) is 6.42 Å². The second-order valence-corrected chi connectivity index (χ2v) is 4.14. The van der Waals surface area contributed by atoms with E-state index in [1.807, 2.05) is 31.2 Å². The first-order valence-corrected chi connectivity index (χ1v) is 4.97. The third kappa shape index (κ3) is 1.46. The Morgan fingerprint density at radius 2 is 2.15 bits per heavy atom. The Morgan fingerprint density at radius 1 is 1.38 bits per heavy atom. The Hall–Kier alpha value is -0.890. The van der Waals surface area contributed by atoms with Gasteiger partial charge in [0, 0.05) is 10.0 Å². The molecule has 1 aromatic carbocycles. The number of hydrogen-bond donors (Lipinski definition) is 0. The second kappa shape index (κ2) is 3.11. The van der Waals surface area contributed by atoms with Crippen LogP contribution in [0.1, 0.15) is 22.8 Å². The summed E-state index contributed by atoms with van der Waals surface area (Å²) in [5, 5.41) is 0. The van der Waals surface area contributed by atoms with Gasteiger partial charge in [-0.2, -0.15) is 0 Å². The molecule has 2 heteroatoms. The maximum absolute atomic E-state index is 11.6. The highest BCUT2D eigenvalue weighted by Gasteiger charge is 2.16. The first-order valence-electron chi connectivity index (χ1n) is 4.18. The van der Waals surface area contributed by atoms with Crippen LogP contribution in [0.5, 0.6) is 0 Å². The molecular weight excluding hydrogens is 228 g/mol. The molecule has 2 rings (SSSR count). The van der Waals surface area contributed by atoms with Gasteiger partial charge in [-0.3, -0.25) is 4.79 Å². The lowest BCUT2D eigenvalue weighted by Gasteiger charge is -2.13. The van der Waals surface area contributed by atoms with Gasteiger partial charge in [0.2, 0.25) is 0 Å². The Balaban J connectivity index is 2.56. The summed E-state index contributed by atoms with van der Waals surface area (Å²) in [6.45, 7) is 1.87. The van der Waals surface area contributed by atoms with Crippen LogP contribution in [0.15, 0.2) is 34.3 Å². The number of rotatable bonds is 0. The third-order valence-corrected chi connectivity index (χ3v) is 2.79. The van der Waals surface area contributed by atoms with E-state index in [-0.39, 0.29) is 5.78 Å². The molecule has 0 spiro atoms. The molecule has 0 radical (unpaired) electrons. The molecule has 0 fully saturated rings. The molecule has 0 aliphatic heterocycles. The summed E-state index contributed by atoms with van der Waals surface area (Å²) in [4.78, 5) is 11.6. The van der Waals surface area contributed by atoms with Crippen molar-refractivity contribution in [3.63, 3.8) is 0 Å². The molecule has 0 saturated carbocycles. The molecule has 0 saturated heterocycles. The van der Waals surface area contributed by atoms with E-state index < -0.39 is 0 Å². The van der Waals surface area contributed by atoms with E-state index in [0.29, 0.717) is 0 Å². The number of ketones is 1. The molecule has 0 aromatic heterocycles. The maximum atomic E-state index is 11.6. The van der Waals surface area contributed by atoms with Gasteiger partial charge in [0.05, 0.1) is 0 Å². The monoisotopic (exact) mass is 236 g/mol. The molecule has 0 heterocycles. The topological polar surface area (TPSA) is 17.1 Å². The lowest BCUT2D eigenvalue weighted by molar-refractivity contribution is 0.103. The molecule has 0 atom stereocenters. The normalized spacial score (nSPS) is 15.2. The van der Waals surface area contributed by atoms with Crippen LogP contribution in [0.25, 0.3) is 0 Å². The van der Waals surface area contributed by atoms with E-state index >= 15 is 0 Å². The molecule has 0 N–H and O–H groups in total. The van der Waals surface area contributed by atoms with Crippen molar-refractivity contribution in [2.45, 2.75) is 13.3 Å². The minimum Gasteiger partial charge on any atom is -0.289 e. The number of fused-ring (bicyclic) bond motifs is 1. The highest BCUT2D eigenvalue weighted by molar-refractivity contribution is 9.10. The molecule has 1 aliphatic rings. The summed E-state index contributed by atoms with van der Waals surface area (Å²) >= 11 is 3.39. The molecule has 0 amide bonds. The van der Waals surface area contributed by atoms with Crippen molar-refractivity contribution in [3.8, 4) is 0 Å². The molecule has 1 nitrogen and oxygen atoms in total. The van der Waals surface area contributed by atoms with Gasteiger partial charge in [-0.05, 0) is 42.7 Å². The Morgan fingerprint density at radius 3 is 2.92 bits per heavy atom. The van der Waals surface area contributed by atoms with Gasteiger partial charge in [-0.25, -0.2) is 0 Å². The van der Waals surface area contributed by atoms with E-state index in [0.717, 1.165) is 27.6 Å². The van der Waals surface area contributed by atoms with Crippen LogP contribution in [-0.4, -0.2) is 5.78 Å². The molecule has 13 heavy (non-hydrogen) atoms. The zero-order chi connectivity index (χ0) is 9.42. The Bertz CT molecular complexity index is 405. The second-order valence-electron chi connectivity index (χ2n) is 3.22. The predicted octanol–water partition coefficient (Wildman–Crippen LogP) is 3.13. The van der Waals surface area contributed by atoms with E-state index in [9.17, 15) is 4.79 Å². The average molecular weight is 237 g/mol. The van der Waals surface area contributed by atoms with Gasteiger partial charge >= 0.3 is 0 Å². The van der Waals surface area contributed by atoms with Crippen LogP contribution in [0.2, 0.25) is 0 Å². The summed E-state index contributed by atoms with van der Waals surface area (Å²) in [5.41, 5.74) is 2.82. The van der Waals surface area contributed by atoms with Crippen molar-refractivity contribution in [3.05, 3.63) is 45.4 Å². The summed E-state index contributed by atoms with van der Waals surface area (Å²) in [7, 11) is 0. The first kappa shape index (κ1) is 8.70. The Kier molecular flexibility index (Phi) is 2.08. The standard InChI is InChI=1S/C11H9BrO/c1-7-2-3-8-6-9(12)4-5-10(8)11(7)13/h2,4-6H,3H2,1H3. The molecule has 0 bridgehead atoms.